The minimum Gasteiger partial charge on any atom is -0.463 e. The first-order chi connectivity index (χ1) is 15.3. The molecule has 1 rings (SSSR count). The predicted molar refractivity (Wildman–Crippen MR) is 123 cm³/mol. The van der Waals surface area contributed by atoms with Gasteiger partial charge in [0.05, 0.1) is 13.0 Å². The fourth-order valence-electron chi connectivity index (χ4n) is 2.61. The molecule has 1 heterocycles. The van der Waals surface area contributed by atoms with Crippen LogP contribution < -0.4 is 0 Å². The highest BCUT2D eigenvalue weighted by Crippen LogP contribution is 2.22. The monoisotopic (exact) mass is 442 g/mol. The highest BCUT2D eigenvalue weighted by molar-refractivity contribution is 5.69. The first-order valence-corrected chi connectivity index (χ1v) is 11.0. The van der Waals surface area contributed by atoms with E-state index in [4.69, 9.17) is 18.9 Å². The van der Waals surface area contributed by atoms with Crippen LogP contribution in [0, 0.1) is 23.7 Å². The summed E-state index contributed by atoms with van der Waals surface area (Å²) in [4.78, 5) is 23.0. The Morgan fingerprint density at radius 2 is 1.91 bits per heavy atom. The summed E-state index contributed by atoms with van der Waals surface area (Å²) in [5.41, 5.74) is 0. The van der Waals surface area contributed by atoms with Gasteiger partial charge in [0, 0.05) is 13.3 Å². The molecule has 0 amide bonds. The second-order valence-corrected chi connectivity index (χ2v) is 7.51. The van der Waals surface area contributed by atoms with Gasteiger partial charge in [-0.2, -0.15) is 0 Å². The Hall–Kier alpha value is -2.80. The number of allylic oxidation sites excluding steroid dienone is 6. The Balaban J connectivity index is 2.35. The number of hydrogen-bond acceptors (Lipinski definition) is 6. The third kappa shape index (κ3) is 14.2. The van der Waals surface area contributed by atoms with Crippen LogP contribution in [0.5, 0.6) is 0 Å². The van der Waals surface area contributed by atoms with Gasteiger partial charge in [-0.3, -0.25) is 9.59 Å². The first-order valence-electron chi connectivity index (χ1n) is 11.0. The highest BCUT2D eigenvalue weighted by atomic mass is 16.7. The molecule has 1 atom stereocenters. The predicted octanol–water partition coefficient (Wildman–Crippen LogP) is 4.61. The molecule has 1 fully saturated rings. The van der Waals surface area contributed by atoms with E-state index in [9.17, 15) is 9.59 Å². The molecule has 0 bridgehead atoms. The molecule has 0 spiro atoms. The van der Waals surface area contributed by atoms with Gasteiger partial charge in [-0.15, -0.1) is 0 Å². The number of ether oxygens (including phenoxy) is 4. The molecule has 0 saturated carbocycles. The lowest BCUT2D eigenvalue weighted by atomic mass is 10.2. The van der Waals surface area contributed by atoms with Crippen LogP contribution in [0.2, 0.25) is 0 Å². The molecule has 0 N–H and O–H groups in total. The van der Waals surface area contributed by atoms with Gasteiger partial charge in [-0.25, -0.2) is 0 Å². The molecule has 174 valence electrons. The van der Waals surface area contributed by atoms with E-state index in [0.717, 1.165) is 19.3 Å². The summed E-state index contributed by atoms with van der Waals surface area (Å²) in [5, 5.41) is 0. The number of rotatable bonds is 11. The van der Waals surface area contributed by atoms with E-state index in [1.807, 2.05) is 13.8 Å². The molecule has 1 aliphatic rings. The summed E-state index contributed by atoms with van der Waals surface area (Å²) in [6.45, 7) is 7.63. The third-order valence-electron chi connectivity index (χ3n) is 4.05. The molecule has 1 aliphatic heterocycles. The summed E-state index contributed by atoms with van der Waals surface area (Å²) >= 11 is 0. The smallest absolute Gasteiger partial charge is 0.308 e. The Kier molecular flexibility index (Phi) is 13.5. The van der Waals surface area contributed by atoms with E-state index in [2.05, 4.69) is 54.9 Å². The maximum absolute atomic E-state index is 11.8. The highest BCUT2D eigenvalue weighted by Gasteiger charge is 2.33. The van der Waals surface area contributed by atoms with Crippen LogP contribution in [0.15, 0.2) is 36.1 Å². The van der Waals surface area contributed by atoms with Crippen molar-refractivity contribution in [2.24, 2.45) is 0 Å². The fraction of sp³-hybridized carbons (Fsp3) is 0.538. The van der Waals surface area contributed by atoms with Gasteiger partial charge in [0.15, 0.2) is 11.5 Å². The zero-order chi connectivity index (χ0) is 23.7. The molecule has 0 aromatic carbocycles. The lowest BCUT2D eigenvalue weighted by molar-refractivity contribution is -0.158. The number of hydrogen-bond donors (Lipinski definition) is 0. The Bertz CT molecular complexity index is 811. The Morgan fingerprint density at radius 1 is 1.12 bits per heavy atom. The molecule has 0 unspecified atom stereocenters. The van der Waals surface area contributed by atoms with Gasteiger partial charge in [0.25, 0.3) is 0 Å². The molecular weight excluding hydrogens is 408 g/mol. The van der Waals surface area contributed by atoms with Gasteiger partial charge in [0.1, 0.15) is 12.7 Å². The zero-order valence-corrected chi connectivity index (χ0v) is 19.6. The standard InChI is InChI=1S/C26H34O6/c1-5-6-7-8-9-10-11-14-17-23(31-22(2)27)18-15-12-13-16-19-25(28)29-20-24-21-30-26(3,4)32-24/h6-7,9-10,17,24H,5,8,11,14,16,19-21H2,1-4H3/b7-6-,10-9-,23-17-/t24-/m1/s1. The van der Waals surface area contributed by atoms with Gasteiger partial charge >= 0.3 is 11.9 Å². The zero-order valence-electron chi connectivity index (χ0n) is 19.6. The van der Waals surface area contributed by atoms with Crippen molar-refractivity contribution in [3.05, 3.63) is 36.1 Å². The van der Waals surface area contributed by atoms with Crippen LogP contribution in [-0.2, 0) is 28.5 Å². The van der Waals surface area contributed by atoms with E-state index in [-0.39, 0.29) is 30.9 Å². The molecule has 0 aliphatic carbocycles. The van der Waals surface area contributed by atoms with E-state index in [0.29, 0.717) is 19.4 Å². The average Bonchev–Trinajstić information content (AvgIpc) is 3.09. The molecule has 6 heteroatoms. The van der Waals surface area contributed by atoms with Gasteiger partial charge < -0.3 is 18.9 Å². The van der Waals surface area contributed by atoms with E-state index in [1.54, 1.807) is 6.08 Å². The molecule has 32 heavy (non-hydrogen) atoms. The van der Waals surface area contributed by atoms with Crippen molar-refractivity contribution < 1.29 is 28.5 Å². The minimum absolute atomic E-state index is 0.163. The minimum atomic E-state index is -0.636. The second-order valence-electron chi connectivity index (χ2n) is 7.51. The average molecular weight is 443 g/mol. The second kappa shape index (κ2) is 15.9. The van der Waals surface area contributed by atoms with Crippen molar-refractivity contribution >= 4 is 11.9 Å². The van der Waals surface area contributed by atoms with Crippen LogP contribution in [0.3, 0.4) is 0 Å². The molecule has 6 nitrogen and oxygen atoms in total. The maximum atomic E-state index is 11.8. The van der Waals surface area contributed by atoms with Crippen molar-refractivity contribution in [3.63, 3.8) is 0 Å². The molecule has 0 radical (unpaired) electrons. The number of carbonyl (C=O) groups is 2. The van der Waals surface area contributed by atoms with Crippen LogP contribution in [0.1, 0.15) is 66.2 Å². The van der Waals surface area contributed by atoms with Crippen molar-refractivity contribution in [2.45, 2.75) is 78.1 Å². The quantitative estimate of drug-likeness (QED) is 0.153. The third-order valence-corrected chi connectivity index (χ3v) is 4.05. The van der Waals surface area contributed by atoms with E-state index in [1.165, 1.54) is 6.92 Å². The first kappa shape index (κ1) is 27.2. The molecule has 1 saturated heterocycles. The summed E-state index contributed by atoms with van der Waals surface area (Å²) in [7, 11) is 0. The Morgan fingerprint density at radius 3 is 2.59 bits per heavy atom. The normalized spacial score (nSPS) is 17.5. The van der Waals surface area contributed by atoms with Crippen molar-refractivity contribution in [1.29, 1.82) is 0 Å². The van der Waals surface area contributed by atoms with Crippen molar-refractivity contribution in [1.82, 2.24) is 0 Å². The SMILES string of the molecule is CC/C=C\C/C=C\CC/C=C(/C#CC#CCCC(=O)OC[C@@H]1COC(C)(C)O1)OC(C)=O. The summed E-state index contributed by atoms with van der Waals surface area (Å²) in [5.74, 6) is 9.73. The summed E-state index contributed by atoms with van der Waals surface area (Å²) in [6.07, 6.45) is 13.9. The lowest BCUT2D eigenvalue weighted by Crippen LogP contribution is -2.25. The topological polar surface area (TPSA) is 71.1 Å². The Labute approximate surface area is 192 Å². The summed E-state index contributed by atoms with van der Waals surface area (Å²) in [6, 6.07) is 0. The van der Waals surface area contributed by atoms with Gasteiger partial charge in [-0.05, 0) is 63.4 Å². The molecule has 0 aromatic rings. The number of esters is 2. The van der Waals surface area contributed by atoms with Gasteiger partial charge in [0.2, 0.25) is 0 Å². The van der Waals surface area contributed by atoms with E-state index >= 15 is 0 Å². The van der Waals surface area contributed by atoms with Crippen LogP contribution in [-0.4, -0.2) is 37.0 Å². The van der Waals surface area contributed by atoms with Crippen LogP contribution >= 0.6 is 0 Å². The van der Waals surface area contributed by atoms with Gasteiger partial charge in [-0.1, -0.05) is 37.1 Å². The molecular formula is C26H34O6. The lowest BCUT2D eigenvalue weighted by Gasteiger charge is -2.16. The fourth-order valence-corrected chi connectivity index (χ4v) is 2.61. The number of carbonyl (C=O) groups excluding carboxylic acids is 2. The number of unbranched alkanes of at least 4 members (excludes halogenated alkanes) is 1. The summed E-state index contributed by atoms with van der Waals surface area (Å²) < 4.78 is 21.3. The largest absolute Gasteiger partial charge is 0.463 e. The van der Waals surface area contributed by atoms with Crippen LogP contribution in [0.4, 0.5) is 0 Å². The molecule has 0 aromatic heterocycles. The maximum Gasteiger partial charge on any atom is 0.308 e. The van der Waals surface area contributed by atoms with Crippen molar-refractivity contribution in [3.8, 4) is 23.7 Å². The van der Waals surface area contributed by atoms with E-state index < -0.39 is 11.8 Å². The van der Waals surface area contributed by atoms with Crippen LogP contribution in [0.25, 0.3) is 0 Å². The van der Waals surface area contributed by atoms with Crippen molar-refractivity contribution in [2.75, 3.05) is 13.2 Å².